The Balaban J connectivity index is 2.01. The number of nitrogens with one attached hydrogen (secondary N) is 1. The maximum Gasteiger partial charge on any atom is 0.339 e. The van der Waals surface area contributed by atoms with E-state index in [9.17, 15) is 4.79 Å². The number of hydrogen-bond acceptors (Lipinski definition) is 7. The van der Waals surface area contributed by atoms with Crippen LogP contribution in [0, 0.1) is 6.92 Å². The third kappa shape index (κ3) is 3.18. The summed E-state index contributed by atoms with van der Waals surface area (Å²) in [6.07, 6.45) is 1.87. The van der Waals surface area contributed by atoms with Crippen LogP contribution < -0.4 is 11.1 Å². The maximum absolute atomic E-state index is 11.0. The first-order valence-corrected chi connectivity index (χ1v) is 5.58. The van der Waals surface area contributed by atoms with E-state index in [1.165, 1.54) is 12.3 Å². The van der Waals surface area contributed by atoms with Crippen molar-refractivity contribution in [2.45, 2.75) is 13.3 Å². The molecule has 0 aliphatic heterocycles. The molecule has 0 aliphatic rings. The van der Waals surface area contributed by atoms with Crippen molar-refractivity contribution >= 4 is 17.5 Å². The van der Waals surface area contributed by atoms with Gasteiger partial charge in [0.15, 0.2) is 5.82 Å². The summed E-state index contributed by atoms with van der Waals surface area (Å²) in [5.41, 5.74) is 5.83. The Kier molecular flexibility index (Phi) is 3.60. The highest BCUT2D eigenvalue weighted by Crippen LogP contribution is 2.15. The van der Waals surface area contributed by atoms with Gasteiger partial charge in [0.25, 0.3) is 0 Å². The van der Waals surface area contributed by atoms with Crippen molar-refractivity contribution in [1.29, 1.82) is 0 Å². The van der Waals surface area contributed by atoms with Gasteiger partial charge in [-0.15, -0.1) is 0 Å². The molecule has 0 radical (unpaired) electrons. The number of anilines is 2. The molecule has 0 spiro atoms. The number of aryl methyl sites for hydroxylation is 1. The smallest absolute Gasteiger partial charge is 0.339 e. The summed E-state index contributed by atoms with van der Waals surface area (Å²) in [7, 11) is 0. The van der Waals surface area contributed by atoms with Gasteiger partial charge in [0.1, 0.15) is 11.4 Å². The van der Waals surface area contributed by atoms with Crippen LogP contribution >= 0.6 is 0 Å². The minimum absolute atomic E-state index is 0.0294. The Morgan fingerprint density at radius 2 is 2.37 bits per heavy atom. The Hall–Kier alpha value is -2.64. The van der Waals surface area contributed by atoms with E-state index in [-0.39, 0.29) is 11.4 Å². The fraction of sp³-hybridized carbons (Fsp3) is 0.273. The first-order valence-electron chi connectivity index (χ1n) is 5.58. The number of carbonyl (C=O) groups is 1. The summed E-state index contributed by atoms with van der Waals surface area (Å²) in [5.74, 6) is 0.220. The highest BCUT2D eigenvalue weighted by Gasteiger charge is 2.12. The molecule has 0 aliphatic carbocycles. The van der Waals surface area contributed by atoms with E-state index in [4.69, 9.17) is 15.4 Å². The molecule has 8 heteroatoms. The van der Waals surface area contributed by atoms with E-state index in [2.05, 4.69) is 20.4 Å². The second-order valence-electron chi connectivity index (χ2n) is 3.88. The van der Waals surface area contributed by atoms with Crippen molar-refractivity contribution in [2.75, 3.05) is 17.6 Å². The summed E-state index contributed by atoms with van der Waals surface area (Å²) < 4.78 is 4.94. The van der Waals surface area contributed by atoms with Crippen LogP contribution in [0.4, 0.5) is 11.5 Å². The van der Waals surface area contributed by atoms with Gasteiger partial charge in [0, 0.05) is 13.0 Å². The van der Waals surface area contributed by atoms with Crippen LogP contribution in [-0.4, -0.2) is 32.7 Å². The highest BCUT2D eigenvalue weighted by atomic mass is 16.5. The quantitative estimate of drug-likeness (QED) is 0.719. The first-order chi connectivity index (χ1) is 9.06. The monoisotopic (exact) mass is 263 g/mol. The molecule has 0 bridgehead atoms. The lowest BCUT2D eigenvalue weighted by Gasteiger charge is -2.07. The number of carboxylic acids is 1. The van der Waals surface area contributed by atoms with E-state index >= 15 is 0 Å². The minimum Gasteiger partial charge on any atom is -0.478 e. The fourth-order valence-electron chi connectivity index (χ4n) is 1.51. The summed E-state index contributed by atoms with van der Waals surface area (Å²) in [5, 5.41) is 15.6. The average Bonchev–Trinajstić information content (AvgIpc) is 2.77. The van der Waals surface area contributed by atoms with Crippen LogP contribution in [0.3, 0.4) is 0 Å². The van der Waals surface area contributed by atoms with Gasteiger partial charge in [0.2, 0.25) is 5.89 Å². The molecule has 0 saturated carbocycles. The molecule has 0 atom stereocenters. The van der Waals surface area contributed by atoms with Gasteiger partial charge in [-0.1, -0.05) is 5.16 Å². The lowest BCUT2D eigenvalue weighted by atomic mass is 10.2. The van der Waals surface area contributed by atoms with Crippen molar-refractivity contribution in [2.24, 2.45) is 0 Å². The molecule has 0 fully saturated rings. The number of nitrogens with zero attached hydrogens (tertiary/aromatic N) is 3. The molecule has 4 N–H and O–H groups in total. The van der Waals surface area contributed by atoms with E-state index in [1.54, 1.807) is 6.92 Å². The molecular formula is C11H13N5O3. The maximum atomic E-state index is 11.0. The number of hydrogen-bond donors (Lipinski definition) is 3. The topological polar surface area (TPSA) is 127 Å². The lowest BCUT2D eigenvalue weighted by Crippen LogP contribution is -2.12. The second kappa shape index (κ2) is 5.34. The van der Waals surface area contributed by atoms with Crippen molar-refractivity contribution in [3.63, 3.8) is 0 Å². The molecule has 2 rings (SSSR count). The molecule has 2 aromatic heterocycles. The van der Waals surface area contributed by atoms with E-state index in [1.807, 2.05) is 0 Å². The van der Waals surface area contributed by atoms with Crippen LogP contribution in [0.15, 0.2) is 16.8 Å². The second-order valence-corrected chi connectivity index (χ2v) is 3.88. The van der Waals surface area contributed by atoms with Gasteiger partial charge in [-0.25, -0.2) is 9.78 Å². The summed E-state index contributed by atoms with van der Waals surface area (Å²) in [6, 6.07) is 1.36. The van der Waals surface area contributed by atoms with Gasteiger partial charge < -0.3 is 20.7 Å². The molecule has 2 aromatic rings. The van der Waals surface area contributed by atoms with Gasteiger partial charge in [-0.05, 0) is 13.0 Å². The molecule has 0 amide bonds. The van der Waals surface area contributed by atoms with Crippen LogP contribution in [0.1, 0.15) is 22.1 Å². The zero-order valence-electron chi connectivity index (χ0n) is 10.3. The largest absolute Gasteiger partial charge is 0.478 e. The highest BCUT2D eigenvalue weighted by molar-refractivity contribution is 5.94. The Morgan fingerprint density at radius 1 is 1.58 bits per heavy atom. The third-order valence-corrected chi connectivity index (χ3v) is 2.34. The van der Waals surface area contributed by atoms with Crippen LogP contribution in [-0.2, 0) is 6.42 Å². The van der Waals surface area contributed by atoms with Crippen molar-refractivity contribution < 1.29 is 14.4 Å². The van der Waals surface area contributed by atoms with Gasteiger partial charge in [0.05, 0.1) is 11.9 Å². The Labute approximate surface area is 108 Å². The number of aromatic nitrogens is 3. The van der Waals surface area contributed by atoms with Gasteiger partial charge in [-0.3, -0.25) is 0 Å². The normalized spacial score (nSPS) is 10.4. The zero-order chi connectivity index (χ0) is 13.8. The number of pyridine rings is 1. The van der Waals surface area contributed by atoms with Crippen molar-refractivity contribution in [3.8, 4) is 0 Å². The summed E-state index contributed by atoms with van der Waals surface area (Å²) in [6.45, 7) is 2.16. The predicted molar refractivity (Wildman–Crippen MR) is 66.8 cm³/mol. The Morgan fingerprint density at radius 3 is 3.00 bits per heavy atom. The number of rotatable bonds is 5. The van der Waals surface area contributed by atoms with Crippen molar-refractivity contribution in [1.82, 2.24) is 15.1 Å². The van der Waals surface area contributed by atoms with Crippen LogP contribution in [0.5, 0.6) is 0 Å². The van der Waals surface area contributed by atoms with Gasteiger partial charge >= 0.3 is 5.97 Å². The molecule has 0 aromatic carbocycles. The van der Waals surface area contributed by atoms with E-state index < -0.39 is 5.97 Å². The predicted octanol–water partition coefficient (Wildman–Crippen LogP) is 0.708. The summed E-state index contributed by atoms with van der Waals surface area (Å²) in [4.78, 5) is 19.0. The van der Waals surface area contributed by atoms with Crippen molar-refractivity contribution in [3.05, 3.63) is 29.5 Å². The molecule has 8 nitrogen and oxygen atoms in total. The summed E-state index contributed by atoms with van der Waals surface area (Å²) >= 11 is 0. The van der Waals surface area contributed by atoms with E-state index in [0.29, 0.717) is 30.4 Å². The minimum atomic E-state index is -1.09. The Bertz CT molecular complexity index is 596. The molecular weight excluding hydrogens is 250 g/mol. The third-order valence-electron chi connectivity index (χ3n) is 2.34. The SMILES string of the molecule is Cc1noc(CCNc2ncc(N)cc2C(=O)O)n1. The average molecular weight is 263 g/mol. The number of nitrogens with two attached hydrogens (primary N) is 1. The molecule has 0 saturated heterocycles. The first kappa shape index (κ1) is 12.8. The lowest BCUT2D eigenvalue weighted by molar-refractivity contribution is 0.0697. The zero-order valence-corrected chi connectivity index (χ0v) is 10.3. The van der Waals surface area contributed by atoms with E-state index in [0.717, 1.165) is 0 Å². The number of aromatic carboxylic acids is 1. The van der Waals surface area contributed by atoms with Gasteiger partial charge in [-0.2, -0.15) is 4.98 Å². The molecule has 0 unspecified atom stereocenters. The number of nitrogen functional groups attached to an aromatic ring is 1. The molecule has 19 heavy (non-hydrogen) atoms. The fourth-order valence-corrected chi connectivity index (χ4v) is 1.51. The van der Waals surface area contributed by atoms with Crippen LogP contribution in [0.2, 0.25) is 0 Å². The molecule has 2 heterocycles. The van der Waals surface area contributed by atoms with Crippen LogP contribution in [0.25, 0.3) is 0 Å². The molecule has 100 valence electrons. The number of carboxylic acid groups (broad SMARTS) is 1. The standard InChI is InChI=1S/C11H13N5O3/c1-6-15-9(19-16-6)2-3-13-10-8(11(17)18)4-7(12)5-14-10/h4-5H,2-3,12H2,1H3,(H,13,14)(H,17,18).